The number of piperazine rings is 1. The van der Waals surface area contributed by atoms with Crippen molar-refractivity contribution in [2.45, 2.75) is 38.2 Å². The second-order valence-corrected chi connectivity index (χ2v) is 7.23. The number of ether oxygens (including phenoxy) is 1. The van der Waals surface area contributed by atoms with Crippen LogP contribution in [-0.4, -0.2) is 65.7 Å². The van der Waals surface area contributed by atoms with Crippen LogP contribution in [-0.2, 0) is 16.1 Å². The summed E-state index contributed by atoms with van der Waals surface area (Å²) in [5.74, 6) is 1.69. The van der Waals surface area contributed by atoms with E-state index in [1.807, 2.05) is 11.4 Å². The predicted molar refractivity (Wildman–Crippen MR) is 101 cm³/mol. The number of hydrogen-bond acceptors (Lipinski definition) is 4. The van der Waals surface area contributed by atoms with Crippen LogP contribution in [0.3, 0.4) is 0 Å². The maximum Gasteiger partial charge on any atom is 0.410 e. The fourth-order valence-electron chi connectivity index (χ4n) is 2.93. The van der Waals surface area contributed by atoms with Crippen LogP contribution in [0, 0.1) is 12.3 Å². The van der Waals surface area contributed by atoms with Crippen LogP contribution in [0.1, 0.15) is 19.4 Å². The topological polar surface area (TPSA) is 61.9 Å². The van der Waals surface area contributed by atoms with E-state index < -0.39 is 36.3 Å². The summed E-state index contributed by atoms with van der Waals surface area (Å²) in [6.07, 6.45) is 0.215. The third-order valence-electron chi connectivity index (χ3n) is 4.73. The van der Waals surface area contributed by atoms with E-state index in [0.29, 0.717) is 6.54 Å². The minimum Gasteiger partial charge on any atom is -0.445 e. The third-order valence-corrected chi connectivity index (χ3v) is 4.73. The first-order valence-corrected chi connectivity index (χ1v) is 9.08. The van der Waals surface area contributed by atoms with Gasteiger partial charge in [-0.2, -0.15) is 13.2 Å². The van der Waals surface area contributed by atoms with Gasteiger partial charge in [-0.05, 0) is 19.4 Å². The molecule has 6 nitrogen and oxygen atoms in total. The number of amides is 2. The minimum atomic E-state index is -4.55. The molecule has 2 amide bonds. The lowest BCUT2D eigenvalue weighted by Gasteiger charge is -2.44. The molecule has 0 aromatic heterocycles. The van der Waals surface area contributed by atoms with Crippen molar-refractivity contribution in [3.8, 4) is 12.3 Å². The van der Waals surface area contributed by atoms with Crippen LogP contribution in [0.25, 0.3) is 0 Å². The zero-order valence-electron chi connectivity index (χ0n) is 16.3. The molecule has 0 unspecified atom stereocenters. The maximum atomic E-state index is 12.6. The van der Waals surface area contributed by atoms with Crippen molar-refractivity contribution in [2.24, 2.45) is 0 Å². The standard InChI is InChI=1S/C20H24F3N3O3/c1-4-19(2,3)25-10-11-26(16(12-25)17(27)24-14-20(21,22)23)18(28)29-13-15-8-6-5-7-9-15/h1,5-9,16H,10-14H2,2-3H3,(H,24,27)/t16-/m0/s1. The van der Waals surface area contributed by atoms with E-state index in [1.54, 1.807) is 43.0 Å². The molecule has 0 radical (unpaired) electrons. The molecule has 0 saturated carbocycles. The average molecular weight is 411 g/mol. The number of benzene rings is 1. The molecule has 9 heteroatoms. The Hall–Kier alpha value is -2.73. The summed E-state index contributed by atoms with van der Waals surface area (Å²) in [6, 6.07) is 7.79. The van der Waals surface area contributed by atoms with E-state index >= 15 is 0 Å². The second-order valence-electron chi connectivity index (χ2n) is 7.23. The van der Waals surface area contributed by atoms with Crippen LogP contribution < -0.4 is 5.32 Å². The Kier molecular flexibility index (Phi) is 7.14. The number of halogens is 3. The normalized spacial score (nSPS) is 18.1. The summed E-state index contributed by atoms with van der Waals surface area (Å²) >= 11 is 0. The van der Waals surface area contributed by atoms with E-state index in [-0.39, 0.29) is 19.7 Å². The highest BCUT2D eigenvalue weighted by atomic mass is 19.4. The van der Waals surface area contributed by atoms with E-state index in [4.69, 9.17) is 11.2 Å². The molecule has 2 rings (SSSR count). The van der Waals surface area contributed by atoms with Gasteiger partial charge < -0.3 is 10.1 Å². The number of carbonyl (C=O) groups is 2. The molecule has 1 atom stereocenters. The highest BCUT2D eigenvalue weighted by molar-refractivity contribution is 5.86. The Balaban J connectivity index is 2.11. The maximum absolute atomic E-state index is 12.6. The Labute approximate surface area is 168 Å². The van der Waals surface area contributed by atoms with Gasteiger partial charge in [0.15, 0.2) is 0 Å². The smallest absolute Gasteiger partial charge is 0.410 e. The Bertz CT molecular complexity index is 760. The van der Waals surface area contributed by atoms with Gasteiger partial charge in [-0.15, -0.1) is 6.42 Å². The largest absolute Gasteiger partial charge is 0.445 e. The summed E-state index contributed by atoms with van der Waals surface area (Å²) in [7, 11) is 0. The summed E-state index contributed by atoms with van der Waals surface area (Å²) < 4.78 is 42.8. The first-order valence-electron chi connectivity index (χ1n) is 9.08. The summed E-state index contributed by atoms with van der Waals surface area (Å²) in [5, 5.41) is 1.85. The molecular formula is C20H24F3N3O3. The zero-order chi connectivity index (χ0) is 21.7. The van der Waals surface area contributed by atoms with Gasteiger partial charge in [-0.3, -0.25) is 14.6 Å². The minimum absolute atomic E-state index is 0.00132. The molecule has 0 spiro atoms. The molecule has 1 N–H and O–H groups in total. The van der Waals surface area contributed by atoms with Crippen molar-refractivity contribution in [1.29, 1.82) is 0 Å². The number of terminal acetylenes is 1. The molecule has 29 heavy (non-hydrogen) atoms. The van der Waals surface area contributed by atoms with Crippen molar-refractivity contribution >= 4 is 12.0 Å². The van der Waals surface area contributed by atoms with Crippen LogP contribution >= 0.6 is 0 Å². The number of hydrogen-bond donors (Lipinski definition) is 1. The van der Waals surface area contributed by atoms with Gasteiger partial charge in [0, 0.05) is 19.6 Å². The summed E-state index contributed by atoms with van der Waals surface area (Å²) in [6.45, 7) is 2.51. The van der Waals surface area contributed by atoms with Crippen LogP contribution in [0.4, 0.5) is 18.0 Å². The zero-order valence-corrected chi connectivity index (χ0v) is 16.3. The first-order chi connectivity index (χ1) is 13.5. The van der Waals surface area contributed by atoms with E-state index in [0.717, 1.165) is 10.5 Å². The van der Waals surface area contributed by atoms with Crippen molar-refractivity contribution < 1.29 is 27.5 Å². The van der Waals surface area contributed by atoms with Crippen LogP contribution in [0.2, 0.25) is 0 Å². The fraction of sp³-hybridized carbons (Fsp3) is 0.500. The van der Waals surface area contributed by atoms with Gasteiger partial charge in [0.05, 0.1) is 5.54 Å². The van der Waals surface area contributed by atoms with E-state index in [1.165, 1.54) is 0 Å². The van der Waals surface area contributed by atoms with Crippen molar-refractivity contribution in [2.75, 3.05) is 26.2 Å². The molecule has 0 aliphatic carbocycles. The highest BCUT2D eigenvalue weighted by Gasteiger charge is 2.41. The van der Waals surface area contributed by atoms with Gasteiger partial charge in [-0.1, -0.05) is 36.3 Å². The molecule has 1 aromatic rings. The lowest BCUT2D eigenvalue weighted by atomic mass is 10.0. The number of rotatable bonds is 5. The Morgan fingerprint density at radius 3 is 2.48 bits per heavy atom. The Morgan fingerprint density at radius 2 is 1.90 bits per heavy atom. The van der Waals surface area contributed by atoms with Crippen molar-refractivity contribution in [3.05, 3.63) is 35.9 Å². The van der Waals surface area contributed by atoms with Crippen molar-refractivity contribution in [3.63, 3.8) is 0 Å². The SMILES string of the molecule is C#CC(C)(C)N1CCN(C(=O)OCc2ccccc2)[C@H](C(=O)NCC(F)(F)F)C1. The lowest BCUT2D eigenvalue weighted by molar-refractivity contribution is -0.143. The van der Waals surface area contributed by atoms with E-state index in [2.05, 4.69) is 5.92 Å². The monoisotopic (exact) mass is 411 g/mol. The Morgan fingerprint density at radius 1 is 1.24 bits per heavy atom. The van der Waals surface area contributed by atoms with Crippen molar-refractivity contribution in [1.82, 2.24) is 15.1 Å². The molecule has 1 heterocycles. The predicted octanol–water partition coefficient (Wildman–Crippen LogP) is 2.40. The molecule has 0 bridgehead atoms. The number of carbonyl (C=O) groups excluding carboxylic acids is 2. The summed E-state index contributed by atoms with van der Waals surface area (Å²) in [5.41, 5.74) is 0.0359. The van der Waals surface area contributed by atoms with Gasteiger partial charge in [0.2, 0.25) is 5.91 Å². The highest BCUT2D eigenvalue weighted by Crippen LogP contribution is 2.21. The molecule has 1 aromatic carbocycles. The van der Waals surface area contributed by atoms with E-state index in [9.17, 15) is 22.8 Å². The van der Waals surface area contributed by atoms with Gasteiger partial charge in [0.1, 0.15) is 19.2 Å². The fourth-order valence-corrected chi connectivity index (χ4v) is 2.93. The first kappa shape index (κ1) is 22.6. The van der Waals surface area contributed by atoms with Crippen LogP contribution in [0.15, 0.2) is 30.3 Å². The second kappa shape index (κ2) is 9.18. The molecule has 1 aliphatic heterocycles. The molecule has 1 aliphatic rings. The molecule has 1 fully saturated rings. The van der Waals surface area contributed by atoms with Gasteiger partial charge in [0.25, 0.3) is 0 Å². The number of alkyl halides is 3. The number of nitrogens with one attached hydrogen (secondary N) is 1. The molecular weight excluding hydrogens is 387 g/mol. The lowest BCUT2D eigenvalue weighted by Crippen LogP contribution is -2.64. The third kappa shape index (κ3) is 6.39. The molecule has 1 saturated heterocycles. The van der Waals surface area contributed by atoms with Gasteiger partial charge in [-0.25, -0.2) is 4.79 Å². The quantitative estimate of drug-likeness (QED) is 0.756. The van der Waals surface area contributed by atoms with Crippen LogP contribution in [0.5, 0.6) is 0 Å². The summed E-state index contributed by atoms with van der Waals surface area (Å²) in [4.78, 5) is 27.9. The molecule has 158 valence electrons. The van der Waals surface area contributed by atoms with Gasteiger partial charge >= 0.3 is 12.3 Å². The number of nitrogens with zero attached hydrogens (tertiary/aromatic N) is 2. The average Bonchev–Trinajstić information content (AvgIpc) is 2.70.